The van der Waals surface area contributed by atoms with Gasteiger partial charge in [-0.05, 0) is 24.3 Å². The summed E-state index contributed by atoms with van der Waals surface area (Å²) in [6.07, 6.45) is 0. The van der Waals surface area contributed by atoms with Crippen LogP contribution in [0.4, 0.5) is 11.4 Å². The zero-order valence-electron chi connectivity index (χ0n) is 16.9. The molecule has 0 saturated carbocycles. The van der Waals surface area contributed by atoms with Crippen molar-refractivity contribution in [2.45, 2.75) is 19.8 Å². The van der Waals surface area contributed by atoms with Crippen molar-refractivity contribution >= 4 is 11.4 Å². The Kier molecular flexibility index (Phi) is 5.40. The van der Waals surface area contributed by atoms with Crippen molar-refractivity contribution in [2.24, 2.45) is 0 Å². The maximum atomic E-state index is 4.85. The largest absolute Gasteiger partial charge is 0.378 e. The van der Waals surface area contributed by atoms with Crippen molar-refractivity contribution in [3.05, 3.63) is 54.4 Å². The van der Waals surface area contributed by atoms with Gasteiger partial charge in [0.25, 0.3) is 0 Å². The van der Waals surface area contributed by atoms with E-state index in [1.54, 1.807) is 0 Å². The highest BCUT2D eigenvalue weighted by atomic mass is 15.2. The molecule has 1 heterocycles. The third-order valence-corrected chi connectivity index (χ3v) is 4.53. The average Bonchev–Trinajstić information content (AvgIpc) is 2.67. The molecule has 0 spiro atoms. The maximum Gasteiger partial charge on any atom is 0.154 e. The van der Waals surface area contributed by atoms with Gasteiger partial charge in [-0.15, -0.1) is 10.2 Å². The van der Waals surface area contributed by atoms with Crippen molar-refractivity contribution in [1.29, 1.82) is 0 Å². The van der Waals surface area contributed by atoms with Crippen LogP contribution in [0.2, 0.25) is 0 Å². The van der Waals surface area contributed by atoms with E-state index in [9.17, 15) is 0 Å². The smallest absolute Gasteiger partial charge is 0.154 e. The van der Waals surface area contributed by atoms with Crippen molar-refractivity contribution < 1.29 is 0 Å². The van der Waals surface area contributed by atoms with Gasteiger partial charge in [-0.1, -0.05) is 38.1 Å². The third kappa shape index (κ3) is 4.08. The molecule has 5 heteroatoms. The first-order chi connectivity index (χ1) is 12.9. The van der Waals surface area contributed by atoms with E-state index in [-0.39, 0.29) is 5.92 Å². The summed E-state index contributed by atoms with van der Waals surface area (Å²) in [7, 11) is 8.14. The lowest BCUT2D eigenvalue weighted by Crippen LogP contribution is -2.09. The molecular weight excluding hydrogens is 334 g/mol. The van der Waals surface area contributed by atoms with Gasteiger partial charge < -0.3 is 9.80 Å². The SMILES string of the molecule is CC(C)c1nnc(-c2ccc(N(C)C)cc2)c(-c2ccc(N(C)C)cc2)n1. The molecule has 2 aromatic carbocycles. The van der Waals surface area contributed by atoms with Gasteiger partial charge in [-0.25, -0.2) is 4.98 Å². The summed E-state index contributed by atoms with van der Waals surface area (Å²) in [5.74, 6) is 0.984. The van der Waals surface area contributed by atoms with Gasteiger partial charge in [-0.2, -0.15) is 0 Å². The minimum Gasteiger partial charge on any atom is -0.378 e. The van der Waals surface area contributed by atoms with Crippen LogP contribution < -0.4 is 9.80 Å². The number of nitrogens with zero attached hydrogens (tertiary/aromatic N) is 5. The van der Waals surface area contributed by atoms with Gasteiger partial charge in [0, 0.05) is 56.6 Å². The third-order valence-electron chi connectivity index (χ3n) is 4.53. The quantitative estimate of drug-likeness (QED) is 0.671. The summed E-state index contributed by atoms with van der Waals surface area (Å²) in [6.45, 7) is 4.17. The summed E-state index contributed by atoms with van der Waals surface area (Å²) < 4.78 is 0. The zero-order chi connectivity index (χ0) is 19.6. The van der Waals surface area contributed by atoms with E-state index in [2.05, 4.69) is 82.4 Å². The Morgan fingerprint density at radius 2 is 1.07 bits per heavy atom. The first-order valence-electron chi connectivity index (χ1n) is 9.17. The molecule has 3 rings (SSSR count). The Balaban J connectivity index is 2.10. The number of benzene rings is 2. The summed E-state index contributed by atoms with van der Waals surface area (Å²) in [4.78, 5) is 9.02. The van der Waals surface area contributed by atoms with Crippen LogP contribution in [0, 0.1) is 0 Å². The molecule has 0 fully saturated rings. The second-order valence-electron chi connectivity index (χ2n) is 7.40. The Hall–Kier alpha value is -2.95. The lowest BCUT2D eigenvalue weighted by molar-refractivity contribution is 0.740. The first kappa shape index (κ1) is 18.8. The maximum absolute atomic E-state index is 4.85. The monoisotopic (exact) mass is 361 g/mol. The zero-order valence-corrected chi connectivity index (χ0v) is 16.9. The number of hydrogen-bond acceptors (Lipinski definition) is 5. The van der Waals surface area contributed by atoms with Crippen molar-refractivity contribution in [1.82, 2.24) is 15.2 Å². The topological polar surface area (TPSA) is 45.2 Å². The van der Waals surface area contributed by atoms with Crippen LogP contribution >= 0.6 is 0 Å². The number of aromatic nitrogens is 3. The molecular formula is C22H27N5. The summed E-state index contributed by atoms with van der Waals surface area (Å²) in [5, 5.41) is 8.91. The molecule has 0 saturated heterocycles. The molecule has 0 amide bonds. The highest BCUT2D eigenvalue weighted by Crippen LogP contribution is 2.31. The van der Waals surface area contributed by atoms with Crippen LogP contribution in [0.1, 0.15) is 25.6 Å². The van der Waals surface area contributed by atoms with Gasteiger partial charge >= 0.3 is 0 Å². The molecule has 27 heavy (non-hydrogen) atoms. The van der Waals surface area contributed by atoms with Gasteiger partial charge in [0.15, 0.2) is 5.82 Å². The Morgan fingerprint density at radius 1 is 0.630 bits per heavy atom. The molecule has 0 unspecified atom stereocenters. The normalized spacial score (nSPS) is 10.9. The fourth-order valence-electron chi connectivity index (χ4n) is 2.81. The van der Waals surface area contributed by atoms with Gasteiger partial charge in [0.1, 0.15) is 11.4 Å². The molecule has 0 aliphatic rings. The fourth-order valence-corrected chi connectivity index (χ4v) is 2.81. The summed E-state index contributed by atoms with van der Waals surface area (Å²) in [6, 6.07) is 16.7. The lowest BCUT2D eigenvalue weighted by atomic mass is 10.0. The predicted molar refractivity (Wildman–Crippen MR) is 113 cm³/mol. The standard InChI is InChI=1S/C22H27N5/c1-15(2)22-23-20(16-7-11-18(12-8-16)26(3)4)21(24-25-22)17-9-13-19(14-10-17)27(5)6/h7-15H,1-6H3. The minimum atomic E-state index is 0.225. The molecule has 5 nitrogen and oxygen atoms in total. The average molecular weight is 361 g/mol. The van der Waals surface area contributed by atoms with E-state index < -0.39 is 0 Å². The van der Waals surface area contributed by atoms with Gasteiger partial charge in [0.2, 0.25) is 0 Å². The predicted octanol–water partition coefficient (Wildman–Crippen LogP) is 4.46. The molecule has 0 aliphatic heterocycles. The lowest BCUT2D eigenvalue weighted by Gasteiger charge is -2.15. The Morgan fingerprint density at radius 3 is 1.48 bits per heavy atom. The molecule has 140 valence electrons. The number of rotatable bonds is 5. The second kappa shape index (κ2) is 7.74. The number of hydrogen-bond donors (Lipinski definition) is 0. The molecule has 3 aromatic rings. The van der Waals surface area contributed by atoms with E-state index in [1.165, 1.54) is 0 Å². The Labute approximate surface area is 161 Å². The molecule has 0 bridgehead atoms. The summed E-state index contributed by atoms with van der Waals surface area (Å²) >= 11 is 0. The highest BCUT2D eigenvalue weighted by Gasteiger charge is 2.15. The van der Waals surface area contributed by atoms with E-state index in [0.717, 1.165) is 39.7 Å². The van der Waals surface area contributed by atoms with Gasteiger partial charge in [-0.3, -0.25) is 0 Å². The van der Waals surface area contributed by atoms with Crippen LogP contribution in [0.5, 0.6) is 0 Å². The van der Waals surface area contributed by atoms with Crippen LogP contribution in [0.3, 0.4) is 0 Å². The molecule has 0 aliphatic carbocycles. The molecule has 0 atom stereocenters. The van der Waals surface area contributed by atoms with E-state index in [4.69, 9.17) is 4.98 Å². The Bertz CT molecular complexity index is 897. The second-order valence-corrected chi connectivity index (χ2v) is 7.40. The van der Waals surface area contributed by atoms with Crippen molar-refractivity contribution in [2.75, 3.05) is 38.0 Å². The molecule has 1 aromatic heterocycles. The van der Waals surface area contributed by atoms with Crippen LogP contribution in [0.15, 0.2) is 48.5 Å². The van der Waals surface area contributed by atoms with E-state index >= 15 is 0 Å². The van der Waals surface area contributed by atoms with Gasteiger partial charge in [0.05, 0.1) is 0 Å². The van der Waals surface area contributed by atoms with Crippen LogP contribution in [-0.4, -0.2) is 43.4 Å². The fraction of sp³-hybridized carbons (Fsp3) is 0.318. The first-order valence-corrected chi connectivity index (χ1v) is 9.17. The van der Waals surface area contributed by atoms with Crippen LogP contribution in [0.25, 0.3) is 22.5 Å². The summed E-state index contributed by atoms with van der Waals surface area (Å²) in [5.41, 5.74) is 6.04. The van der Waals surface area contributed by atoms with Crippen molar-refractivity contribution in [3.8, 4) is 22.5 Å². The molecule has 0 radical (unpaired) electrons. The highest BCUT2D eigenvalue weighted by molar-refractivity contribution is 5.79. The minimum absolute atomic E-state index is 0.225. The van der Waals surface area contributed by atoms with Crippen LogP contribution in [-0.2, 0) is 0 Å². The van der Waals surface area contributed by atoms with E-state index in [0.29, 0.717) is 0 Å². The van der Waals surface area contributed by atoms with Crippen molar-refractivity contribution in [3.63, 3.8) is 0 Å². The molecule has 0 N–H and O–H groups in total. The van der Waals surface area contributed by atoms with E-state index in [1.807, 2.05) is 28.2 Å². The number of anilines is 2.